The smallest absolute Gasteiger partial charge is 0.305 e. The second-order valence-corrected chi connectivity index (χ2v) is 10.7. The first-order chi connectivity index (χ1) is 17.6. The van der Waals surface area contributed by atoms with Crippen molar-refractivity contribution in [1.29, 1.82) is 0 Å². The summed E-state index contributed by atoms with van der Waals surface area (Å²) in [7, 11) is 0. The van der Waals surface area contributed by atoms with Crippen LogP contribution in [0, 0.1) is 0 Å². The summed E-state index contributed by atoms with van der Waals surface area (Å²) in [5.74, 6) is -0.369. The predicted octanol–water partition coefficient (Wildman–Crippen LogP) is 7.45. The molecule has 2 heterocycles. The highest BCUT2D eigenvalue weighted by molar-refractivity contribution is 5.70. The van der Waals surface area contributed by atoms with E-state index in [9.17, 15) is 9.59 Å². The van der Waals surface area contributed by atoms with Crippen LogP contribution < -0.4 is 0 Å². The number of carbonyl (C=O) groups excluding carboxylic acids is 2. The lowest BCUT2D eigenvalue weighted by Gasteiger charge is -2.07. The minimum Gasteiger partial charge on any atom is -0.462 e. The molecule has 0 aromatic heterocycles. The van der Waals surface area contributed by atoms with Crippen molar-refractivity contribution in [3.63, 3.8) is 0 Å². The first-order valence-electron chi connectivity index (χ1n) is 15.3. The fraction of sp³-hybridized carbons (Fsp3) is 0.933. The summed E-state index contributed by atoms with van der Waals surface area (Å²) in [5.41, 5.74) is 0. The number of carbonyl (C=O) groups is 2. The van der Waals surface area contributed by atoms with Gasteiger partial charge in [0.25, 0.3) is 0 Å². The van der Waals surface area contributed by atoms with Gasteiger partial charge in [0.2, 0.25) is 0 Å². The molecule has 0 aromatic rings. The second kappa shape index (κ2) is 19.9. The van der Waals surface area contributed by atoms with Crippen molar-refractivity contribution in [1.82, 2.24) is 0 Å². The lowest BCUT2D eigenvalue weighted by molar-refractivity contribution is -0.152. The molecule has 0 aliphatic carbocycles. The molecule has 0 aromatic carbocycles. The quantitative estimate of drug-likeness (QED) is 0.0721. The van der Waals surface area contributed by atoms with Crippen molar-refractivity contribution in [3.05, 3.63) is 0 Å². The Kier molecular flexibility index (Phi) is 17.2. The van der Waals surface area contributed by atoms with Gasteiger partial charge < -0.3 is 18.9 Å². The van der Waals surface area contributed by atoms with Crippen LogP contribution in [0.5, 0.6) is 0 Å². The fourth-order valence-corrected chi connectivity index (χ4v) is 5.04. The van der Waals surface area contributed by atoms with Crippen LogP contribution in [0.1, 0.15) is 142 Å². The third-order valence-corrected chi connectivity index (χ3v) is 7.53. The molecule has 36 heavy (non-hydrogen) atoms. The minimum absolute atomic E-state index is 0.166. The Hall–Kier alpha value is -1.14. The van der Waals surface area contributed by atoms with Gasteiger partial charge >= 0.3 is 11.9 Å². The van der Waals surface area contributed by atoms with E-state index in [-0.39, 0.29) is 25.2 Å². The first kappa shape index (κ1) is 31.1. The molecule has 0 saturated carbocycles. The molecule has 2 rings (SSSR count). The average Bonchev–Trinajstić information content (AvgIpc) is 3.80. The van der Waals surface area contributed by atoms with Crippen LogP contribution in [0.2, 0.25) is 0 Å². The molecular weight excluding hydrogens is 456 g/mol. The molecule has 0 radical (unpaired) electrons. The molecule has 4 atom stereocenters. The van der Waals surface area contributed by atoms with Crippen molar-refractivity contribution in [2.24, 2.45) is 0 Å². The van der Waals surface area contributed by atoms with Gasteiger partial charge in [-0.2, -0.15) is 0 Å². The van der Waals surface area contributed by atoms with Crippen LogP contribution >= 0.6 is 0 Å². The van der Waals surface area contributed by atoms with E-state index < -0.39 is 0 Å². The van der Waals surface area contributed by atoms with Crippen molar-refractivity contribution < 1.29 is 28.5 Å². The Bertz CT molecular complexity index is 530. The van der Waals surface area contributed by atoms with Gasteiger partial charge in [-0.3, -0.25) is 9.59 Å². The number of rotatable bonds is 25. The normalized spacial score (nSPS) is 22.4. The molecule has 4 unspecified atom stereocenters. The van der Waals surface area contributed by atoms with E-state index in [0.29, 0.717) is 37.3 Å². The summed E-state index contributed by atoms with van der Waals surface area (Å²) in [5, 5.41) is 0. The summed E-state index contributed by atoms with van der Waals surface area (Å²) >= 11 is 0. The first-order valence-corrected chi connectivity index (χ1v) is 15.3. The van der Waals surface area contributed by atoms with E-state index in [1.165, 1.54) is 77.0 Å². The number of ether oxygens (including phenoxy) is 4. The zero-order valence-electron chi connectivity index (χ0n) is 23.3. The van der Waals surface area contributed by atoms with E-state index in [1.54, 1.807) is 0 Å². The maximum absolute atomic E-state index is 11.8. The van der Waals surface area contributed by atoms with Crippen LogP contribution in [0.4, 0.5) is 0 Å². The number of hydrogen-bond donors (Lipinski definition) is 0. The summed E-state index contributed by atoms with van der Waals surface area (Å²) in [6.07, 6.45) is 24.2. The van der Waals surface area contributed by atoms with Crippen LogP contribution in [-0.2, 0) is 28.5 Å². The van der Waals surface area contributed by atoms with Crippen molar-refractivity contribution in [2.45, 2.75) is 167 Å². The fourth-order valence-electron chi connectivity index (χ4n) is 5.04. The largest absolute Gasteiger partial charge is 0.462 e. The van der Waals surface area contributed by atoms with E-state index in [1.807, 2.05) is 0 Å². The molecule has 6 nitrogen and oxygen atoms in total. The molecule has 2 aliphatic heterocycles. The van der Waals surface area contributed by atoms with E-state index in [2.05, 4.69) is 13.8 Å². The molecule has 0 bridgehead atoms. The molecular formula is C30H54O6. The zero-order valence-corrected chi connectivity index (χ0v) is 23.3. The minimum atomic E-state index is -0.184. The molecule has 2 fully saturated rings. The van der Waals surface area contributed by atoms with E-state index >= 15 is 0 Å². The lowest BCUT2D eigenvalue weighted by Crippen LogP contribution is -2.13. The standard InChI is InChI=1S/C30H54O6/c1-3-25-27(35-25)19-15-11-7-5-9-13-17-21-29(31)33-23-24-34-30(32)22-18-14-10-6-8-12-16-20-28-26(4-2)36-28/h25-28H,3-24H2,1-2H3. The SMILES string of the molecule is CCC1OC1CCCCCCCCCC(=O)OCCOC(=O)CCCCCCCCCC1OC1CC. The van der Waals surface area contributed by atoms with Gasteiger partial charge in [-0.25, -0.2) is 0 Å². The molecule has 2 aliphatic rings. The Labute approximate surface area is 220 Å². The Morgan fingerprint density at radius 1 is 0.500 bits per heavy atom. The van der Waals surface area contributed by atoms with Gasteiger partial charge in [0.05, 0.1) is 24.4 Å². The monoisotopic (exact) mass is 510 g/mol. The maximum Gasteiger partial charge on any atom is 0.305 e. The van der Waals surface area contributed by atoms with Crippen molar-refractivity contribution in [2.75, 3.05) is 13.2 Å². The van der Waals surface area contributed by atoms with Crippen LogP contribution in [-0.4, -0.2) is 49.6 Å². The maximum atomic E-state index is 11.8. The topological polar surface area (TPSA) is 77.7 Å². The van der Waals surface area contributed by atoms with E-state index in [0.717, 1.165) is 38.5 Å². The average molecular weight is 511 g/mol. The zero-order chi connectivity index (χ0) is 25.8. The highest BCUT2D eigenvalue weighted by atomic mass is 16.6. The number of hydrogen-bond acceptors (Lipinski definition) is 6. The summed E-state index contributed by atoms with van der Waals surface area (Å²) < 4.78 is 21.5. The Morgan fingerprint density at radius 3 is 1.17 bits per heavy atom. The molecule has 0 N–H and O–H groups in total. The lowest BCUT2D eigenvalue weighted by atomic mass is 10.1. The molecule has 2 saturated heterocycles. The van der Waals surface area contributed by atoms with Gasteiger partial charge in [0.15, 0.2) is 0 Å². The van der Waals surface area contributed by atoms with Gasteiger partial charge in [-0.1, -0.05) is 90.9 Å². The molecule has 6 heteroatoms. The van der Waals surface area contributed by atoms with Crippen LogP contribution in [0.3, 0.4) is 0 Å². The summed E-state index contributed by atoms with van der Waals surface area (Å²) in [4.78, 5) is 23.6. The van der Waals surface area contributed by atoms with Crippen LogP contribution in [0.15, 0.2) is 0 Å². The summed E-state index contributed by atoms with van der Waals surface area (Å²) in [6, 6.07) is 0. The van der Waals surface area contributed by atoms with Gasteiger partial charge in [-0.15, -0.1) is 0 Å². The molecule has 210 valence electrons. The summed E-state index contributed by atoms with van der Waals surface area (Å²) in [6.45, 7) is 4.71. The van der Waals surface area contributed by atoms with Gasteiger partial charge in [0.1, 0.15) is 13.2 Å². The highest BCUT2D eigenvalue weighted by Crippen LogP contribution is 2.30. The Morgan fingerprint density at radius 2 is 0.833 bits per heavy atom. The van der Waals surface area contributed by atoms with Gasteiger partial charge in [-0.05, 0) is 38.5 Å². The Balaban J connectivity index is 1.23. The third-order valence-electron chi connectivity index (χ3n) is 7.53. The van der Waals surface area contributed by atoms with Crippen LogP contribution in [0.25, 0.3) is 0 Å². The highest BCUT2D eigenvalue weighted by Gasteiger charge is 2.36. The number of epoxide rings is 2. The molecule has 0 amide bonds. The van der Waals surface area contributed by atoms with Crippen molar-refractivity contribution in [3.8, 4) is 0 Å². The molecule has 0 spiro atoms. The third kappa shape index (κ3) is 15.9. The second-order valence-electron chi connectivity index (χ2n) is 10.7. The number of esters is 2. The number of unbranched alkanes of at least 4 members (excludes halogenated alkanes) is 12. The van der Waals surface area contributed by atoms with Crippen molar-refractivity contribution >= 4 is 11.9 Å². The van der Waals surface area contributed by atoms with E-state index in [4.69, 9.17) is 18.9 Å². The van der Waals surface area contributed by atoms with Gasteiger partial charge in [0, 0.05) is 12.8 Å². The predicted molar refractivity (Wildman–Crippen MR) is 143 cm³/mol.